The van der Waals surface area contributed by atoms with Crippen molar-refractivity contribution >= 4 is 23.2 Å². The van der Waals surface area contributed by atoms with Crippen molar-refractivity contribution in [3.63, 3.8) is 0 Å². The van der Waals surface area contributed by atoms with Crippen LogP contribution in [-0.2, 0) is 4.79 Å². The monoisotopic (exact) mass is 237 g/mol. The van der Waals surface area contributed by atoms with Crippen molar-refractivity contribution in [2.24, 2.45) is 0 Å². The van der Waals surface area contributed by atoms with Crippen LogP contribution in [0, 0.1) is 11.8 Å². The standard InChI is InChI=1S/C10H10N2O3S/c1-7(13)11-5-3-2-4-8-6-16-9(12-8)10(14)15/h6H,3,5H2,1H3,(H,11,13)(H,14,15)/p-1. The molecule has 0 unspecified atom stereocenters. The normalized spacial score (nSPS) is 9.06. The number of amides is 1. The lowest BCUT2D eigenvalue weighted by Gasteiger charge is -1.94. The van der Waals surface area contributed by atoms with Gasteiger partial charge in [-0.1, -0.05) is 5.92 Å². The first kappa shape index (κ1) is 12.2. The summed E-state index contributed by atoms with van der Waals surface area (Å²) in [6, 6.07) is 0. The Morgan fingerprint density at radius 3 is 2.94 bits per heavy atom. The highest BCUT2D eigenvalue weighted by Crippen LogP contribution is 2.07. The molecule has 0 saturated heterocycles. The van der Waals surface area contributed by atoms with Gasteiger partial charge in [-0.15, -0.1) is 11.3 Å². The third-order valence-electron chi connectivity index (χ3n) is 1.52. The molecule has 0 spiro atoms. The van der Waals surface area contributed by atoms with Crippen LogP contribution in [0.5, 0.6) is 0 Å². The first-order chi connectivity index (χ1) is 7.59. The number of carboxylic acids is 1. The second-order valence-corrected chi connectivity index (χ2v) is 3.72. The fourth-order valence-electron chi connectivity index (χ4n) is 0.879. The van der Waals surface area contributed by atoms with Crippen molar-refractivity contribution in [1.29, 1.82) is 0 Å². The van der Waals surface area contributed by atoms with Gasteiger partial charge < -0.3 is 15.2 Å². The van der Waals surface area contributed by atoms with Crippen molar-refractivity contribution in [3.8, 4) is 11.8 Å². The van der Waals surface area contributed by atoms with Gasteiger partial charge in [0.15, 0.2) is 0 Å². The fraction of sp³-hybridized carbons (Fsp3) is 0.300. The number of carbonyl (C=O) groups is 2. The van der Waals surface area contributed by atoms with E-state index in [0.29, 0.717) is 18.7 Å². The van der Waals surface area contributed by atoms with Crippen LogP contribution in [0.25, 0.3) is 0 Å². The Morgan fingerprint density at radius 2 is 2.38 bits per heavy atom. The number of aromatic carboxylic acids is 1. The summed E-state index contributed by atoms with van der Waals surface area (Å²) in [4.78, 5) is 24.7. The third kappa shape index (κ3) is 4.11. The molecule has 6 heteroatoms. The molecular weight excluding hydrogens is 228 g/mol. The van der Waals surface area contributed by atoms with E-state index in [9.17, 15) is 14.7 Å². The van der Waals surface area contributed by atoms with Crippen LogP contribution < -0.4 is 10.4 Å². The molecule has 0 aliphatic carbocycles. The molecule has 1 amide bonds. The molecule has 1 heterocycles. The van der Waals surface area contributed by atoms with Gasteiger partial charge in [-0.3, -0.25) is 4.79 Å². The molecule has 1 aromatic rings. The number of nitrogens with one attached hydrogen (secondary N) is 1. The summed E-state index contributed by atoms with van der Waals surface area (Å²) in [5.74, 6) is 4.08. The smallest absolute Gasteiger partial charge is 0.216 e. The highest BCUT2D eigenvalue weighted by molar-refractivity contribution is 7.11. The summed E-state index contributed by atoms with van der Waals surface area (Å²) in [6.07, 6.45) is 0.498. The van der Waals surface area contributed by atoms with Gasteiger partial charge in [-0.05, 0) is 5.92 Å². The van der Waals surface area contributed by atoms with Gasteiger partial charge in [0.1, 0.15) is 16.7 Å². The van der Waals surface area contributed by atoms with Crippen LogP contribution >= 0.6 is 11.3 Å². The van der Waals surface area contributed by atoms with Crippen molar-refractivity contribution < 1.29 is 14.7 Å². The molecule has 0 aliphatic heterocycles. The Hall–Kier alpha value is -1.87. The molecule has 0 aliphatic rings. The topological polar surface area (TPSA) is 82.1 Å². The van der Waals surface area contributed by atoms with E-state index in [0.717, 1.165) is 11.3 Å². The van der Waals surface area contributed by atoms with E-state index in [-0.39, 0.29) is 10.9 Å². The molecular formula is C10H9N2O3S-. The molecule has 16 heavy (non-hydrogen) atoms. The van der Waals surface area contributed by atoms with Gasteiger partial charge >= 0.3 is 0 Å². The van der Waals surface area contributed by atoms with Crippen LogP contribution in [-0.4, -0.2) is 23.4 Å². The largest absolute Gasteiger partial charge is 0.542 e. The number of thiazole rings is 1. The van der Waals surface area contributed by atoms with E-state index >= 15 is 0 Å². The lowest BCUT2D eigenvalue weighted by Crippen LogP contribution is -2.21. The second-order valence-electron chi connectivity index (χ2n) is 2.86. The maximum atomic E-state index is 10.5. The lowest BCUT2D eigenvalue weighted by molar-refractivity contribution is -0.255. The quantitative estimate of drug-likeness (QED) is 0.561. The van der Waals surface area contributed by atoms with E-state index in [1.54, 1.807) is 5.38 Å². The zero-order valence-corrected chi connectivity index (χ0v) is 9.39. The SMILES string of the molecule is CC(=O)NCCC#Cc1csc(C(=O)[O-])n1. The minimum atomic E-state index is -1.30. The number of hydrogen-bond acceptors (Lipinski definition) is 5. The van der Waals surface area contributed by atoms with E-state index in [1.165, 1.54) is 6.92 Å². The van der Waals surface area contributed by atoms with E-state index in [1.807, 2.05) is 0 Å². The summed E-state index contributed by atoms with van der Waals surface area (Å²) < 4.78 is 0. The number of aromatic nitrogens is 1. The molecule has 84 valence electrons. The zero-order valence-electron chi connectivity index (χ0n) is 8.57. The van der Waals surface area contributed by atoms with Gasteiger partial charge in [0.2, 0.25) is 5.91 Å². The maximum Gasteiger partial charge on any atom is 0.216 e. The van der Waals surface area contributed by atoms with Gasteiger partial charge in [-0.25, -0.2) is 4.98 Å². The average molecular weight is 237 g/mol. The van der Waals surface area contributed by atoms with E-state index in [2.05, 4.69) is 22.1 Å². The van der Waals surface area contributed by atoms with Gasteiger partial charge in [0.05, 0.1) is 0 Å². The first-order valence-electron chi connectivity index (χ1n) is 4.50. The molecule has 0 aromatic carbocycles. The van der Waals surface area contributed by atoms with Crippen LogP contribution in [0.1, 0.15) is 28.8 Å². The van der Waals surface area contributed by atoms with E-state index < -0.39 is 5.97 Å². The summed E-state index contributed by atoms with van der Waals surface area (Å²) in [6.45, 7) is 1.90. The number of carbonyl (C=O) groups excluding carboxylic acids is 2. The number of hydrogen-bond donors (Lipinski definition) is 1. The van der Waals surface area contributed by atoms with Gasteiger partial charge in [-0.2, -0.15) is 0 Å². The van der Waals surface area contributed by atoms with Crippen LogP contribution in [0.15, 0.2) is 5.38 Å². The minimum absolute atomic E-state index is 0.0776. The van der Waals surface area contributed by atoms with Crippen LogP contribution in [0.4, 0.5) is 0 Å². The summed E-state index contributed by atoms with van der Waals surface area (Å²) in [5, 5.41) is 14.5. The molecule has 0 saturated carbocycles. The van der Waals surface area contributed by atoms with Crippen molar-refractivity contribution in [2.45, 2.75) is 13.3 Å². The van der Waals surface area contributed by atoms with Gasteiger partial charge in [0, 0.05) is 25.3 Å². The Labute approximate surface area is 96.5 Å². The Balaban J connectivity index is 2.44. The summed E-state index contributed by atoms with van der Waals surface area (Å²) in [7, 11) is 0. The Kier molecular flexibility index (Phi) is 4.48. The average Bonchev–Trinajstić information content (AvgIpc) is 2.65. The molecule has 0 radical (unpaired) electrons. The number of nitrogens with zero attached hydrogens (tertiary/aromatic N) is 1. The Bertz CT molecular complexity index is 456. The molecule has 1 rings (SSSR count). The summed E-state index contributed by atoms with van der Waals surface area (Å²) >= 11 is 0.981. The molecule has 5 nitrogen and oxygen atoms in total. The highest BCUT2D eigenvalue weighted by atomic mass is 32.1. The van der Waals surface area contributed by atoms with Crippen molar-refractivity contribution in [1.82, 2.24) is 10.3 Å². The third-order valence-corrected chi connectivity index (χ3v) is 2.34. The van der Waals surface area contributed by atoms with Crippen LogP contribution in [0.2, 0.25) is 0 Å². The van der Waals surface area contributed by atoms with Crippen LogP contribution in [0.3, 0.4) is 0 Å². The first-order valence-corrected chi connectivity index (χ1v) is 5.37. The van der Waals surface area contributed by atoms with Crippen molar-refractivity contribution in [2.75, 3.05) is 6.54 Å². The number of carboxylic acid groups (broad SMARTS) is 1. The van der Waals surface area contributed by atoms with Crippen molar-refractivity contribution in [3.05, 3.63) is 16.1 Å². The van der Waals surface area contributed by atoms with Gasteiger partial charge in [0.25, 0.3) is 0 Å². The predicted octanol–water partition coefficient (Wildman–Crippen LogP) is -0.616. The molecule has 1 N–H and O–H groups in total. The zero-order chi connectivity index (χ0) is 12.0. The molecule has 0 fully saturated rings. The predicted molar refractivity (Wildman–Crippen MR) is 56.6 cm³/mol. The molecule has 0 bridgehead atoms. The molecule has 0 atom stereocenters. The minimum Gasteiger partial charge on any atom is -0.542 e. The fourth-order valence-corrected chi connectivity index (χ4v) is 1.46. The Morgan fingerprint density at radius 1 is 1.62 bits per heavy atom. The van der Waals surface area contributed by atoms with E-state index in [4.69, 9.17) is 0 Å². The number of rotatable bonds is 3. The summed E-state index contributed by atoms with van der Waals surface area (Å²) in [5.41, 5.74) is 0.409. The highest BCUT2D eigenvalue weighted by Gasteiger charge is 1.98. The molecule has 1 aromatic heterocycles. The second kappa shape index (κ2) is 5.88. The lowest BCUT2D eigenvalue weighted by atomic mass is 10.4. The maximum absolute atomic E-state index is 10.5.